The Hall–Kier alpha value is -3.74. The Labute approximate surface area is 179 Å². The molecule has 0 heterocycles. The summed E-state index contributed by atoms with van der Waals surface area (Å²) in [6.45, 7) is -0.0204. The van der Waals surface area contributed by atoms with Crippen molar-refractivity contribution in [2.75, 3.05) is 0 Å². The maximum atomic E-state index is 14.7. The van der Waals surface area contributed by atoms with Crippen molar-refractivity contribution in [3.8, 4) is 28.0 Å². The molecule has 0 aliphatic heterocycles. The normalized spacial score (nSPS) is 10.9. The second-order valence-electron chi connectivity index (χ2n) is 6.90. The van der Waals surface area contributed by atoms with Crippen LogP contribution in [0.4, 0.5) is 26.3 Å². The lowest BCUT2D eigenvalue weighted by molar-refractivity contribution is 0.285. The summed E-state index contributed by atoms with van der Waals surface area (Å²) in [6, 6.07) is 16.0. The molecule has 0 N–H and O–H groups in total. The van der Waals surface area contributed by atoms with Crippen LogP contribution in [-0.2, 0) is 6.61 Å². The number of rotatable bonds is 5. The zero-order chi connectivity index (χ0) is 22.8. The summed E-state index contributed by atoms with van der Waals surface area (Å²) in [7, 11) is 0. The van der Waals surface area contributed by atoms with Gasteiger partial charge in [0, 0.05) is 22.3 Å². The fourth-order valence-electron chi connectivity index (χ4n) is 3.26. The topological polar surface area (TPSA) is 9.23 Å². The minimum absolute atomic E-state index is 0.0204. The van der Waals surface area contributed by atoms with Crippen LogP contribution in [0.15, 0.2) is 72.8 Å². The van der Waals surface area contributed by atoms with Gasteiger partial charge < -0.3 is 4.74 Å². The average molecular weight is 444 g/mol. The first-order valence-electron chi connectivity index (χ1n) is 9.46. The van der Waals surface area contributed by atoms with E-state index in [1.165, 1.54) is 0 Å². The number of benzene rings is 4. The fourth-order valence-corrected chi connectivity index (χ4v) is 3.26. The Bertz CT molecular complexity index is 1290. The third-order valence-corrected chi connectivity index (χ3v) is 4.90. The first kappa shape index (κ1) is 21.5. The van der Waals surface area contributed by atoms with Gasteiger partial charge in [-0.25, -0.2) is 22.0 Å². The van der Waals surface area contributed by atoms with E-state index in [2.05, 4.69) is 0 Å². The van der Waals surface area contributed by atoms with Crippen LogP contribution in [0.25, 0.3) is 22.3 Å². The van der Waals surface area contributed by atoms with Gasteiger partial charge in [-0.2, -0.15) is 4.39 Å². The number of halogens is 6. The van der Waals surface area contributed by atoms with Crippen molar-refractivity contribution in [3.05, 3.63) is 113 Å². The monoisotopic (exact) mass is 444 g/mol. The van der Waals surface area contributed by atoms with E-state index in [0.29, 0.717) is 0 Å². The van der Waals surface area contributed by atoms with Crippen LogP contribution in [0, 0.1) is 34.9 Å². The zero-order valence-corrected chi connectivity index (χ0v) is 16.3. The predicted molar refractivity (Wildman–Crippen MR) is 108 cm³/mol. The van der Waals surface area contributed by atoms with Crippen LogP contribution in [0.5, 0.6) is 5.75 Å². The van der Waals surface area contributed by atoms with Crippen LogP contribution in [0.1, 0.15) is 5.56 Å². The Morgan fingerprint density at radius 2 is 1.00 bits per heavy atom. The van der Waals surface area contributed by atoms with Crippen LogP contribution in [0.3, 0.4) is 0 Å². The maximum Gasteiger partial charge on any atom is 0.201 e. The lowest BCUT2D eigenvalue weighted by Crippen LogP contribution is -2.02. The predicted octanol–water partition coefficient (Wildman–Crippen LogP) is 7.43. The van der Waals surface area contributed by atoms with E-state index in [-0.39, 0.29) is 6.61 Å². The van der Waals surface area contributed by atoms with Crippen molar-refractivity contribution in [1.29, 1.82) is 0 Å². The molecule has 7 heteroatoms. The molecule has 0 fully saturated rings. The second kappa shape index (κ2) is 8.78. The Kier molecular flexibility index (Phi) is 5.90. The first-order valence-corrected chi connectivity index (χ1v) is 9.46. The van der Waals surface area contributed by atoms with E-state index in [1.807, 2.05) is 0 Å². The molecule has 0 aromatic heterocycles. The van der Waals surface area contributed by atoms with Gasteiger partial charge in [0.2, 0.25) is 5.82 Å². The van der Waals surface area contributed by atoms with Gasteiger partial charge in [-0.15, -0.1) is 0 Å². The molecular weight excluding hydrogens is 430 g/mol. The summed E-state index contributed by atoms with van der Waals surface area (Å²) in [4.78, 5) is 0. The summed E-state index contributed by atoms with van der Waals surface area (Å²) in [5.74, 6) is -8.81. The van der Waals surface area contributed by atoms with E-state index in [9.17, 15) is 26.3 Å². The molecule has 32 heavy (non-hydrogen) atoms. The Morgan fingerprint density at radius 3 is 1.62 bits per heavy atom. The van der Waals surface area contributed by atoms with Gasteiger partial charge in [0.05, 0.1) is 0 Å². The van der Waals surface area contributed by atoms with Crippen molar-refractivity contribution in [1.82, 2.24) is 0 Å². The van der Waals surface area contributed by atoms with Gasteiger partial charge in [0.1, 0.15) is 6.61 Å². The van der Waals surface area contributed by atoms with Gasteiger partial charge >= 0.3 is 0 Å². The quantitative estimate of drug-likeness (QED) is 0.291. The standard InChI is InChI=1S/C25H14F6O/c26-19-8-4-7-15(21(19)27)16-9-10-17(23(29)22(16)28)18-11-12-20(25(31)24(18)30)32-13-14-5-2-1-3-6-14/h1-12H,13H2. The van der Waals surface area contributed by atoms with Crippen molar-refractivity contribution in [2.24, 2.45) is 0 Å². The third-order valence-electron chi connectivity index (χ3n) is 4.90. The van der Waals surface area contributed by atoms with Gasteiger partial charge in [-0.05, 0) is 23.8 Å². The molecule has 0 bridgehead atoms. The molecule has 0 spiro atoms. The van der Waals surface area contributed by atoms with E-state index in [0.717, 1.165) is 48.0 Å². The van der Waals surface area contributed by atoms with Gasteiger partial charge in [-0.3, -0.25) is 0 Å². The first-order chi connectivity index (χ1) is 15.4. The minimum atomic E-state index is -1.53. The summed E-state index contributed by atoms with van der Waals surface area (Å²) >= 11 is 0. The fraction of sp³-hybridized carbons (Fsp3) is 0.0400. The number of hydrogen-bond acceptors (Lipinski definition) is 1. The summed E-state index contributed by atoms with van der Waals surface area (Å²) in [6.07, 6.45) is 0. The molecule has 4 aromatic rings. The molecule has 162 valence electrons. The molecule has 4 rings (SSSR count). The van der Waals surface area contributed by atoms with Crippen molar-refractivity contribution < 1.29 is 31.1 Å². The molecule has 1 nitrogen and oxygen atoms in total. The van der Waals surface area contributed by atoms with Crippen molar-refractivity contribution in [2.45, 2.75) is 6.61 Å². The lowest BCUT2D eigenvalue weighted by atomic mass is 9.98. The average Bonchev–Trinajstić information content (AvgIpc) is 2.80. The zero-order valence-electron chi connectivity index (χ0n) is 16.3. The molecule has 0 atom stereocenters. The SMILES string of the molecule is Fc1cccc(-c2ccc(-c3ccc(OCc4ccccc4)c(F)c3F)c(F)c2F)c1F. The highest BCUT2D eigenvalue weighted by Gasteiger charge is 2.23. The number of hydrogen-bond donors (Lipinski definition) is 0. The van der Waals surface area contributed by atoms with Crippen LogP contribution in [0.2, 0.25) is 0 Å². The molecular formula is C25H14F6O. The lowest BCUT2D eigenvalue weighted by Gasteiger charge is -2.13. The van der Waals surface area contributed by atoms with E-state index in [4.69, 9.17) is 4.74 Å². The summed E-state index contributed by atoms with van der Waals surface area (Å²) in [5, 5.41) is 0. The van der Waals surface area contributed by atoms with E-state index >= 15 is 0 Å². The van der Waals surface area contributed by atoms with Crippen LogP contribution in [-0.4, -0.2) is 0 Å². The van der Waals surface area contributed by atoms with Gasteiger partial charge in [0.15, 0.2) is 34.8 Å². The third kappa shape index (κ3) is 3.93. The molecule has 0 saturated carbocycles. The molecule has 0 amide bonds. The smallest absolute Gasteiger partial charge is 0.201 e. The highest BCUT2D eigenvalue weighted by Crippen LogP contribution is 2.36. The van der Waals surface area contributed by atoms with Crippen LogP contribution >= 0.6 is 0 Å². The van der Waals surface area contributed by atoms with E-state index < -0.39 is 62.9 Å². The highest BCUT2D eigenvalue weighted by molar-refractivity contribution is 5.73. The molecule has 0 radical (unpaired) electrons. The Morgan fingerprint density at radius 1 is 0.469 bits per heavy atom. The molecule has 0 aliphatic rings. The summed E-state index contributed by atoms with van der Waals surface area (Å²) < 4.78 is 91.3. The number of ether oxygens (including phenoxy) is 1. The maximum absolute atomic E-state index is 14.7. The molecule has 0 aliphatic carbocycles. The largest absolute Gasteiger partial charge is 0.486 e. The molecule has 0 unspecified atom stereocenters. The summed E-state index contributed by atoms with van der Waals surface area (Å²) in [5.41, 5.74) is -1.44. The van der Waals surface area contributed by atoms with Crippen LogP contribution < -0.4 is 4.74 Å². The Balaban J connectivity index is 1.68. The molecule has 4 aromatic carbocycles. The van der Waals surface area contributed by atoms with Gasteiger partial charge in [-0.1, -0.05) is 54.6 Å². The molecule has 0 saturated heterocycles. The van der Waals surface area contributed by atoms with Crippen molar-refractivity contribution in [3.63, 3.8) is 0 Å². The van der Waals surface area contributed by atoms with Gasteiger partial charge in [0.25, 0.3) is 0 Å². The minimum Gasteiger partial charge on any atom is -0.486 e. The van der Waals surface area contributed by atoms with E-state index in [1.54, 1.807) is 30.3 Å². The van der Waals surface area contributed by atoms with Crippen molar-refractivity contribution >= 4 is 0 Å². The highest BCUT2D eigenvalue weighted by atomic mass is 19.2. The second-order valence-corrected chi connectivity index (χ2v) is 6.90.